The minimum absolute atomic E-state index is 0.233. The van der Waals surface area contributed by atoms with Gasteiger partial charge in [-0.2, -0.15) is 0 Å². The summed E-state index contributed by atoms with van der Waals surface area (Å²) >= 11 is 0. The van der Waals surface area contributed by atoms with Gasteiger partial charge in [-0.1, -0.05) is 27.2 Å². The Kier molecular flexibility index (Phi) is 3.23. The third-order valence-electron chi connectivity index (χ3n) is 3.54. The van der Waals surface area contributed by atoms with Gasteiger partial charge in [0.05, 0.1) is 4.75 Å². The van der Waals surface area contributed by atoms with Crippen LogP contribution in [0.1, 0.15) is 52.9 Å². The van der Waals surface area contributed by atoms with Crippen molar-refractivity contribution in [3.8, 4) is 0 Å². The van der Waals surface area contributed by atoms with Gasteiger partial charge in [-0.15, -0.1) is 0 Å². The van der Waals surface area contributed by atoms with Crippen molar-refractivity contribution >= 4 is 19.7 Å². The second-order valence-electron chi connectivity index (χ2n) is 5.14. The monoisotopic (exact) mass is 238 g/mol. The van der Waals surface area contributed by atoms with Crippen molar-refractivity contribution in [3.05, 3.63) is 0 Å². The largest absolute Gasteiger partial charge is 0.238 e. The van der Waals surface area contributed by atoms with Crippen molar-refractivity contribution in [2.24, 2.45) is 5.41 Å². The molecule has 0 bridgehead atoms. The fourth-order valence-electron chi connectivity index (χ4n) is 1.50. The van der Waals surface area contributed by atoms with E-state index in [9.17, 15) is 8.42 Å². The topological polar surface area (TPSA) is 34.1 Å². The van der Waals surface area contributed by atoms with E-state index in [0.717, 1.165) is 32.1 Å². The van der Waals surface area contributed by atoms with Crippen LogP contribution in [-0.2, 0) is 9.05 Å². The minimum Gasteiger partial charge on any atom is -0.212 e. The Morgan fingerprint density at radius 3 is 2.14 bits per heavy atom. The first-order valence-electron chi connectivity index (χ1n) is 5.17. The standard InChI is InChI=1S/C10H19ClO2S/c1-4-9(2,3)5-6-10(7-8-10)14(11,12)13/h4-8H2,1-3H3. The Balaban J connectivity index is 2.55. The maximum absolute atomic E-state index is 11.3. The first-order valence-corrected chi connectivity index (χ1v) is 7.48. The maximum atomic E-state index is 11.3. The summed E-state index contributed by atoms with van der Waals surface area (Å²) in [5, 5.41) is 0. The summed E-state index contributed by atoms with van der Waals surface area (Å²) in [4.78, 5) is 0. The second kappa shape index (κ2) is 3.67. The van der Waals surface area contributed by atoms with E-state index in [4.69, 9.17) is 10.7 Å². The summed E-state index contributed by atoms with van der Waals surface area (Å²) in [5.41, 5.74) is 0.233. The molecule has 0 spiro atoms. The van der Waals surface area contributed by atoms with Crippen molar-refractivity contribution in [2.75, 3.05) is 0 Å². The van der Waals surface area contributed by atoms with Crippen LogP contribution in [-0.4, -0.2) is 13.2 Å². The van der Waals surface area contributed by atoms with Crippen LogP contribution >= 0.6 is 10.7 Å². The smallest absolute Gasteiger partial charge is 0.212 e. The quantitative estimate of drug-likeness (QED) is 0.689. The van der Waals surface area contributed by atoms with Gasteiger partial charge in [0.15, 0.2) is 0 Å². The molecule has 0 aromatic rings. The molecule has 0 heterocycles. The lowest BCUT2D eigenvalue weighted by Crippen LogP contribution is -2.21. The van der Waals surface area contributed by atoms with Gasteiger partial charge < -0.3 is 0 Å². The maximum Gasteiger partial charge on any atom is 0.238 e. The first-order chi connectivity index (χ1) is 6.22. The average Bonchev–Trinajstić information content (AvgIpc) is 2.80. The van der Waals surface area contributed by atoms with E-state index in [2.05, 4.69) is 20.8 Å². The normalized spacial score (nSPS) is 20.9. The summed E-state index contributed by atoms with van der Waals surface area (Å²) in [7, 11) is 2.08. The summed E-state index contributed by atoms with van der Waals surface area (Å²) < 4.78 is 22.0. The van der Waals surface area contributed by atoms with Crippen molar-refractivity contribution in [2.45, 2.75) is 57.6 Å². The van der Waals surface area contributed by atoms with Crippen LogP contribution in [0, 0.1) is 5.41 Å². The SMILES string of the molecule is CCC(C)(C)CCC1(S(=O)(=O)Cl)CC1. The molecule has 1 fully saturated rings. The van der Waals surface area contributed by atoms with Gasteiger partial charge in [-0.3, -0.25) is 0 Å². The highest BCUT2D eigenvalue weighted by molar-refractivity contribution is 8.15. The molecule has 0 aromatic carbocycles. The number of hydrogen-bond acceptors (Lipinski definition) is 2. The zero-order chi connectivity index (χ0) is 11.0. The van der Waals surface area contributed by atoms with Crippen LogP contribution in [0.4, 0.5) is 0 Å². The van der Waals surface area contributed by atoms with Gasteiger partial charge in [-0.05, 0) is 31.1 Å². The Morgan fingerprint density at radius 2 is 1.86 bits per heavy atom. The Morgan fingerprint density at radius 1 is 1.36 bits per heavy atom. The van der Waals surface area contributed by atoms with E-state index >= 15 is 0 Å². The summed E-state index contributed by atoms with van der Waals surface area (Å²) in [5.74, 6) is 0. The predicted molar refractivity (Wildman–Crippen MR) is 60.0 cm³/mol. The molecule has 14 heavy (non-hydrogen) atoms. The minimum atomic E-state index is -3.35. The van der Waals surface area contributed by atoms with Crippen LogP contribution < -0.4 is 0 Å². The molecular formula is C10H19ClO2S. The molecule has 0 radical (unpaired) electrons. The Hall–Kier alpha value is 0.240. The average molecular weight is 239 g/mol. The lowest BCUT2D eigenvalue weighted by molar-refractivity contribution is 0.308. The third kappa shape index (κ3) is 2.63. The highest BCUT2D eigenvalue weighted by Crippen LogP contribution is 2.50. The fraction of sp³-hybridized carbons (Fsp3) is 1.00. The molecule has 1 rings (SSSR count). The van der Waals surface area contributed by atoms with E-state index in [1.807, 2.05) is 0 Å². The fourth-order valence-corrected chi connectivity index (χ4v) is 3.13. The van der Waals surface area contributed by atoms with Gasteiger partial charge in [0, 0.05) is 10.7 Å². The molecule has 2 nitrogen and oxygen atoms in total. The predicted octanol–water partition coefficient (Wildman–Crippen LogP) is 3.30. The van der Waals surface area contributed by atoms with Crippen LogP contribution in [0.25, 0.3) is 0 Å². The highest BCUT2D eigenvalue weighted by atomic mass is 35.7. The molecule has 0 amide bonds. The molecule has 1 aliphatic carbocycles. The van der Waals surface area contributed by atoms with Crippen molar-refractivity contribution < 1.29 is 8.42 Å². The van der Waals surface area contributed by atoms with Crippen LogP contribution in [0.15, 0.2) is 0 Å². The molecule has 84 valence electrons. The molecule has 0 N–H and O–H groups in total. The Labute approximate surface area is 91.5 Å². The molecule has 0 unspecified atom stereocenters. The van der Waals surface area contributed by atoms with E-state index in [1.165, 1.54) is 0 Å². The van der Waals surface area contributed by atoms with Crippen molar-refractivity contribution in [3.63, 3.8) is 0 Å². The summed E-state index contributed by atoms with van der Waals surface area (Å²) in [6.07, 6.45) is 4.23. The van der Waals surface area contributed by atoms with Gasteiger partial charge >= 0.3 is 0 Å². The van der Waals surface area contributed by atoms with Crippen LogP contribution in [0.2, 0.25) is 0 Å². The molecular weight excluding hydrogens is 220 g/mol. The molecule has 4 heteroatoms. The number of rotatable bonds is 5. The zero-order valence-electron chi connectivity index (χ0n) is 9.14. The van der Waals surface area contributed by atoms with Gasteiger partial charge in [0.25, 0.3) is 0 Å². The van der Waals surface area contributed by atoms with Crippen molar-refractivity contribution in [1.82, 2.24) is 0 Å². The molecule has 1 saturated carbocycles. The molecule has 0 aromatic heterocycles. The summed E-state index contributed by atoms with van der Waals surface area (Å²) in [6, 6.07) is 0. The van der Waals surface area contributed by atoms with E-state index in [0.29, 0.717) is 0 Å². The zero-order valence-corrected chi connectivity index (χ0v) is 10.7. The van der Waals surface area contributed by atoms with E-state index in [1.54, 1.807) is 0 Å². The van der Waals surface area contributed by atoms with Gasteiger partial charge in [-0.25, -0.2) is 8.42 Å². The lowest BCUT2D eigenvalue weighted by Gasteiger charge is -2.24. The Bertz CT molecular complexity index is 302. The molecule has 0 saturated heterocycles. The highest BCUT2D eigenvalue weighted by Gasteiger charge is 2.53. The van der Waals surface area contributed by atoms with Gasteiger partial charge in [0.1, 0.15) is 0 Å². The number of hydrogen-bond donors (Lipinski definition) is 0. The lowest BCUT2D eigenvalue weighted by atomic mass is 9.84. The molecule has 0 aliphatic heterocycles. The molecule has 0 atom stereocenters. The summed E-state index contributed by atoms with van der Waals surface area (Å²) in [6.45, 7) is 6.47. The van der Waals surface area contributed by atoms with Crippen LogP contribution in [0.5, 0.6) is 0 Å². The van der Waals surface area contributed by atoms with E-state index < -0.39 is 13.8 Å². The van der Waals surface area contributed by atoms with E-state index in [-0.39, 0.29) is 5.41 Å². The van der Waals surface area contributed by atoms with Crippen LogP contribution in [0.3, 0.4) is 0 Å². The van der Waals surface area contributed by atoms with Crippen molar-refractivity contribution in [1.29, 1.82) is 0 Å². The molecule has 1 aliphatic rings. The first kappa shape index (κ1) is 12.3. The van der Waals surface area contributed by atoms with Gasteiger partial charge in [0.2, 0.25) is 9.05 Å². The third-order valence-corrected chi connectivity index (χ3v) is 6.17. The second-order valence-corrected chi connectivity index (χ2v) is 8.10. The number of halogens is 1.